The Hall–Kier alpha value is -0.610. The van der Waals surface area contributed by atoms with Gasteiger partial charge in [0.2, 0.25) is 0 Å². The fraction of sp³-hybridized carbons (Fsp3) is 0.958. The Morgan fingerprint density at radius 1 is 0.714 bits per heavy atom. The van der Waals surface area contributed by atoms with Gasteiger partial charge < -0.3 is 14.7 Å². The van der Waals surface area contributed by atoms with Gasteiger partial charge in [-0.1, -0.05) is 103 Å². The van der Waals surface area contributed by atoms with Gasteiger partial charge in [0.1, 0.15) is 12.1 Å². The van der Waals surface area contributed by atoms with Gasteiger partial charge >= 0.3 is 5.97 Å². The summed E-state index contributed by atoms with van der Waals surface area (Å²) in [5.41, 5.74) is -1.08. The molecule has 0 amide bonds. The second kappa shape index (κ2) is 16.2. The Morgan fingerprint density at radius 2 is 1.07 bits per heavy atom. The van der Waals surface area contributed by atoms with Gasteiger partial charge in [0.05, 0.1) is 27.6 Å². The largest absolute Gasteiger partial charge is 0.481 e. The van der Waals surface area contributed by atoms with E-state index < -0.39 is 11.6 Å². The lowest BCUT2D eigenvalue weighted by molar-refractivity contribution is -0.877. The van der Waals surface area contributed by atoms with Crippen molar-refractivity contribution >= 4 is 5.97 Å². The van der Waals surface area contributed by atoms with Gasteiger partial charge in [-0.25, -0.2) is 0 Å². The third kappa shape index (κ3) is 18.7. The van der Waals surface area contributed by atoms with E-state index in [1.807, 2.05) is 21.1 Å². The van der Waals surface area contributed by atoms with Crippen LogP contribution < -0.4 is 0 Å². The summed E-state index contributed by atoms with van der Waals surface area (Å²) in [6, 6.07) is 0. The normalized spacial score (nSPS) is 14.2. The lowest BCUT2D eigenvalue weighted by Crippen LogP contribution is -2.50. The molecule has 28 heavy (non-hydrogen) atoms. The molecular weight excluding hydrogens is 350 g/mol. The van der Waals surface area contributed by atoms with Crippen LogP contribution in [0.5, 0.6) is 0 Å². The minimum atomic E-state index is -1.08. The summed E-state index contributed by atoms with van der Waals surface area (Å²) in [4.78, 5) is 11.1. The molecule has 0 spiro atoms. The van der Waals surface area contributed by atoms with Crippen LogP contribution >= 0.6 is 0 Å². The zero-order chi connectivity index (χ0) is 21.3. The first-order valence-electron chi connectivity index (χ1n) is 11.9. The molecule has 168 valence electrons. The van der Waals surface area contributed by atoms with Crippen LogP contribution in [-0.2, 0) is 4.79 Å². The summed E-state index contributed by atoms with van der Waals surface area (Å²) in [6.45, 7) is 2.75. The number of carboxylic acid groups (broad SMARTS) is 1. The molecule has 1 unspecified atom stereocenters. The van der Waals surface area contributed by atoms with Crippen molar-refractivity contribution in [3.05, 3.63) is 0 Å². The summed E-state index contributed by atoms with van der Waals surface area (Å²) in [6.07, 6.45) is 20.1. The molecule has 0 saturated carbocycles. The van der Waals surface area contributed by atoms with Crippen molar-refractivity contribution in [3.63, 3.8) is 0 Å². The molecule has 0 aromatic carbocycles. The Labute approximate surface area is 175 Å². The van der Waals surface area contributed by atoms with Gasteiger partial charge in [-0.2, -0.15) is 0 Å². The van der Waals surface area contributed by atoms with Crippen LogP contribution in [0.15, 0.2) is 0 Å². The number of hydrogen-bond acceptors (Lipinski definition) is 2. The monoisotopic (exact) mass is 400 g/mol. The Kier molecular flexibility index (Phi) is 15.9. The lowest BCUT2D eigenvalue weighted by Gasteiger charge is -2.34. The van der Waals surface area contributed by atoms with Gasteiger partial charge in [0.25, 0.3) is 0 Å². The van der Waals surface area contributed by atoms with Gasteiger partial charge in [0.15, 0.2) is 0 Å². The number of likely N-dealkylation sites (N-methyl/N-ethyl adjacent to an activating group) is 1. The third-order valence-corrected chi connectivity index (χ3v) is 5.49. The van der Waals surface area contributed by atoms with E-state index >= 15 is 0 Å². The van der Waals surface area contributed by atoms with E-state index in [1.54, 1.807) is 0 Å². The number of rotatable bonds is 20. The molecule has 0 radical (unpaired) electrons. The summed E-state index contributed by atoms with van der Waals surface area (Å²) in [5.74, 6) is -0.906. The predicted octanol–water partition coefficient (Wildman–Crippen LogP) is 6.16. The first kappa shape index (κ1) is 27.4. The van der Waals surface area contributed by atoms with Crippen LogP contribution in [0.2, 0.25) is 0 Å². The fourth-order valence-corrected chi connectivity index (χ4v) is 4.21. The van der Waals surface area contributed by atoms with Crippen molar-refractivity contribution in [2.24, 2.45) is 0 Å². The molecule has 0 fully saturated rings. The minimum Gasteiger partial charge on any atom is -0.481 e. The number of carboxylic acids is 1. The summed E-state index contributed by atoms with van der Waals surface area (Å²) in [7, 11) is 6.00. The number of aliphatic carboxylic acids is 1. The van der Waals surface area contributed by atoms with Gasteiger partial charge in [0, 0.05) is 0 Å². The van der Waals surface area contributed by atoms with Crippen LogP contribution in [0, 0.1) is 0 Å². The smallest absolute Gasteiger partial charge is 0.306 e. The van der Waals surface area contributed by atoms with E-state index in [4.69, 9.17) is 5.11 Å². The average Bonchev–Trinajstić information content (AvgIpc) is 2.55. The number of nitrogens with zero attached hydrogens (tertiary/aromatic N) is 1. The standard InChI is InChI=1S/C24H49NO3/c1-5-6-7-8-9-10-11-12-13-14-15-16-17-18-19-20-24(28,21-23(26)27)22-25(2,3)4/h28H,5-22H2,1-4H3/p+1. The maximum absolute atomic E-state index is 11.1. The highest BCUT2D eigenvalue weighted by atomic mass is 16.4. The highest BCUT2D eigenvalue weighted by Gasteiger charge is 2.35. The van der Waals surface area contributed by atoms with E-state index in [2.05, 4.69) is 6.92 Å². The molecule has 0 aliphatic heterocycles. The van der Waals surface area contributed by atoms with E-state index in [0.717, 1.165) is 12.8 Å². The average molecular weight is 401 g/mol. The van der Waals surface area contributed by atoms with Crippen molar-refractivity contribution in [3.8, 4) is 0 Å². The van der Waals surface area contributed by atoms with E-state index in [0.29, 0.717) is 17.4 Å². The highest BCUT2D eigenvalue weighted by Crippen LogP contribution is 2.23. The molecule has 0 rings (SSSR count). The third-order valence-electron chi connectivity index (χ3n) is 5.49. The molecule has 0 heterocycles. The van der Waals surface area contributed by atoms with Crippen molar-refractivity contribution in [2.45, 2.75) is 122 Å². The van der Waals surface area contributed by atoms with Gasteiger partial charge in [-0.3, -0.25) is 4.79 Å². The number of carbonyl (C=O) groups is 1. The van der Waals surface area contributed by atoms with E-state index in [-0.39, 0.29) is 6.42 Å². The van der Waals surface area contributed by atoms with Crippen LogP contribution in [0.3, 0.4) is 0 Å². The van der Waals surface area contributed by atoms with E-state index in [9.17, 15) is 9.90 Å². The molecule has 0 saturated heterocycles. The Bertz CT molecular complexity index is 379. The molecule has 0 aliphatic rings. The van der Waals surface area contributed by atoms with Gasteiger partial charge in [-0.05, 0) is 6.42 Å². The van der Waals surface area contributed by atoms with Crippen LogP contribution in [0.25, 0.3) is 0 Å². The van der Waals surface area contributed by atoms with Gasteiger partial charge in [-0.15, -0.1) is 0 Å². The summed E-state index contributed by atoms with van der Waals surface area (Å²) in [5, 5.41) is 19.8. The van der Waals surface area contributed by atoms with Crippen molar-refractivity contribution in [2.75, 3.05) is 27.7 Å². The Balaban J connectivity index is 3.60. The van der Waals surface area contributed by atoms with Crippen LogP contribution in [0.1, 0.15) is 116 Å². The SMILES string of the molecule is CCCCCCCCCCCCCCCCCC(O)(CC(=O)O)C[N+](C)(C)C. The second-order valence-corrected chi connectivity index (χ2v) is 9.94. The van der Waals surface area contributed by atoms with E-state index in [1.165, 1.54) is 83.5 Å². The second-order valence-electron chi connectivity index (χ2n) is 9.94. The quantitative estimate of drug-likeness (QED) is 0.190. The Morgan fingerprint density at radius 3 is 1.39 bits per heavy atom. The van der Waals surface area contributed by atoms with Crippen LogP contribution in [0.4, 0.5) is 0 Å². The summed E-state index contributed by atoms with van der Waals surface area (Å²) < 4.78 is 0.586. The zero-order valence-electron chi connectivity index (χ0n) is 19.5. The number of aliphatic hydroxyl groups is 1. The fourth-order valence-electron chi connectivity index (χ4n) is 4.21. The van der Waals surface area contributed by atoms with Crippen molar-refractivity contribution in [1.82, 2.24) is 0 Å². The number of quaternary nitrogens is 1. The molecular formula is C24H50NO3+. The zero-order valence-corrected chi connectivity index (χ0v) is 19.5. The molecule has 0 aliphatic carbocycles. The molecule has 2 N–H and O–H groups in total. The minimum absolute atomic E-state index is 0.152. The molecule has 1 atom stereocenters. The molecule has 4 heteroatoms. The predicted molar refractivity (Wildman–Crippen MR) is 120 cm³/mol. The van der Waals surface area contributed by atoms with Crippen molar-refractivity contribution < 1.29 is 19.5 Å². The first-order chi connectivity index (χ1) is 13.2. The summed E-state index contributed by atoms with van der Waals surface area (Å²) >= 11 is 0. The molecule has 4 nitrogen and oxygen atoms in total. The highest BCUT2D eigenvalue weighted by molar-refractivity contribution is 5.68. The molecule has 0 aromatic rings. The van der Waals surface area contributed by atoms with Crippen molar-refractivity contribution in [1.29, 1.82) is 0 Å². The molecule has 0 aromatic heterocycles. The van der Waals surface area contributed by atoms with Crippen LogP contribution in [-0.4, -0.2) is 54.0 Å². The lowest BCUT2D eigenvalue weighted by atomic mass is 9.91. The number of unbranched alkanes of at least 4 members (excludes halogenated alkanes) is 14. The maximum atomic E-state index is 11.1. The molecule has 0 bridgehead atoms. The first-order valence-corrected chi connectivity index (χ1v) is 11.9. The number of hydrogen-bond donors (Lipinski definition) is 2. The topological polar surface area (TPSA) is 57.5 Å². The maximum Gasteiger partial charge on any atom is 0.306 e.